The van der Waals surface area contributed by atoms with Crippen molar-refractivity contribution in [2.75, 3.05) is 0 Å². The summed E-state index contributed by atoms with van der Waals surface area (Å²) >= 11 is 0. The van der Waals surface area contributed by atoms with Gasteiger partial charge in [0, 0.05) is 16.7 Å². The molecule has 33 heavy (non-hydrogen) atoms. The molecule has 162 valence electrons. The molecule has 0 aromatic heterocycles. The Kier molecular flexibility index (Phi) is 6.14. The average Bonchev–Trinajstić information content (AvgIpc) is 2.84. The predicted molar refractivity (Wildman–Crippen MR) is 133 cm³/mol. The first kappa shape index (κ1) is 22.1. The Morgan fingerprint density at radius 2 is 0.697 bits per heavy atom. The van der Waals surface area contributed by atoms with Crippen LogP contribution in [-0.2, 0) is 0 Å². The van der Waals surface area contributed by atoms with E-state index in [-0.39, 0.29) is 0 Å². The van der Waals surface area contributed by atoms with E-state index in [1.165, 1.54) is 0 Å². The average molecular weight is 433 g/mol. The molecule has 0 atom stereocenters. The quantitative estimate of drug-likeness (QED) is 0.307. The van der Waals surface area contributed by atoms with Crippen LogP contribution in [0.3, 0.4) is 0 Å². The van der Waals surface area contributed by atoms with E-state index in [2.05, 4.69) is 18.2 Å². The second-order valence-electron chi connectivity index (χ2n) is 8.38. The molecule has 0 spiro atoms. The van der Waals surface area contributed by atoms with Crippen molar-refractivity contribution < 1.29 is 14.4 Å². The molecule has 0 aliphatic heterocycles. The summed E-state index contributed by atoms with van der Waals surface area (Å²) < 4.78 is 0. The minimum absolute atomic E-state index is 0.612. The van der Waals surface area contributed by atoms with Gasteiger partial charge in [-0.25, -0.2) is 0 Å². The molecule has 0 radical (unpaired) electrons. The smallest absolute Gasteiger partial charge is 0.150 e. The minimum Gasteiger partial charge on any atom is -0.298 e. The molecule has 0 aliphatic carbocycles. The number of carbonyl (C=O) groups is 3. The van der Waals surface area contributed by atoms with E-state index in [1.807, 2.05) is 75.4 Å². The summed E-state index contributed by atoms with van der Waals surface area (Å²) in [6.45, 7) is 6.06. The van der Waals surface area contributed by atoms with E-state index in [9.17, 15) is 14.4 Å². The lowest BCUT2D eigenvalue weighted by Crippen LogP contribution is -1.94. The van der Waals surface area contributed by atoms with Crippen LogP contribution in [0.25, 0.3) is 33.4 Å². The molecule has 0 saturated heterocycles. The van der Waals surface area contributed by atoms with Crippen molar-refractivity contribution in [2.45, 2.75) is 20.8 Å². The van der Waals surface area contributed by atoms with E-state index in [1.54, 1.807) is 0 Å². The predicted octanol–water partition coefficient (Wildman–Crippen LogP) is 7.05. The molecule has 0 fully saturated rings. The van der Waals surface area contributed by atoms with Gasteiger partial charge in [-0.15, -0.1) is 0 Å². The maximum absolute atomic E-state index is 11.4. The first-order valence-electron chi connectivity index (χ1n) is 10.8. The summed E-state index contributed by atoms with van der Waals surface area (Å²) in [6.07, 6.45) is 2.55. The van der Waals surface area contributed by atoms with Crippen molar-refractivity contribution >= 4 is 18.9 Å². The molecule has 0 aliphatic rings. The molecule has 0 saturated carbocycles. The number of rotatable bonds is 6. The summed E-state index contributed by atoms with van der Waals surface area (Å²) in [5, 5.41) is 0. The monoisotopic (exact) mass is 432 g/mol. The van der Waals surface area contributed by atoms with E-state index < -0.39 is 0 Å². The van der Waals surface area contributed by atoms with Crippen molar-refractivity contribution in [3.8, 4) is 33.4 Å². The van der Waals surface area contributed by atoms with Crippen LogP contribution < -0.4 is 0 Å². The normalized spacial score (nSPS) is 10.6. The van der Waals surface area contributed by atoms with E-state index >= 15 is 0 Å². The molecular weight excluding hydrogens is 408 g/mol. The highest BCUT2D eigenvalue weighted by Gasteiger charge is 2.13. The van der Waals surface area contributed by atoms with Crippen LogP contribution in [0, 0.1) is 20.8 Å². The lowest BCUT2D eigenvalue weighted by atomic mass is 9.88. The Labute approximate surface area is 193 Å². The third-order valence-electron chi connectivity index (χ3n) is 6.06. The fourth-order valence-corrected chi connectivity index (χ4v) is 4.17. The lowest BCUT2D eigenvalue weighted by Gasteiger charge is -2.16. The van der Waals surface area contributed by atoms with Gasteiger partial charge in [-0.1, -0.05) is 36.4 Å². The third kappa shape index (κ3) is 4.44. The van der Waals surface area contributed by atoms with Crippen molar-refractivity contribution in [3.63, 3.8) is 0 Å². The first-order chi connectivity index (χ1) is 15.9. The Morgan fingerprint density at radius 1 is 0.424 bits per heavy atom. The molecule has 0 N–H and O–H groups in total. The SMILES string of the molecule is Cc1ccc(C=O)cc1-c1cc(-c2cc(C=O)ccc2C)cc(-c2cc(C=O)ccc2C)c1. The Bertz CT molecular complexity index is 1210. The third-order valence-corrected chi connectivity index (χ3v) is 6.06. The molecule has 0 heterocycles. The molecule has 0 bridgehead atoms. The molecule has 3 heteroatoms. The Morgan fingerprint density at radius 3 is 0.939 bits per heavy atom. The topological polar surface area (TPSA) is 51.2 Å². The first-order valence-corrected chi connectivity index (χ1v) is 10.8. The molecule has 0 unspecified atom stereocenters. The van der Waals surface area contributed by atoms with Crippen LogP contribution in [0.2, 0.25) is 0 Å². The maximum Gasteiger partial charge on any atom is 0.150 e. The fourth-order valence-electron chi connectivity index (χ4n) is 4.17. The standard InChI is InChI=1S/C30H24O3/c1-19-4-7-22(16-31)10-28(19)25-13-26(29-11-23(17-32)8-5-20(29)2)15-27(14-25)30-12-24(18-33)9-6-21(30)3/h4-18H,1-3H3. The van der Waals surface area contributed by atoms with Crippen LogP contribution in [0.15, 0.2) is 72.8 Å². The van der Waals surface area contributed by atoms with Gasteiger partial charge in [0.1, 0.15) is 18.9 Å². The van der Waals surface area contributed by atoms with Crippen LogP contribution >= 0.6 is 0 Å². The highest BCUT2D eigenvalue weighted by molar-refractivity contribution is 5.88. The van der Waals surface area contributed by atoms with Gasteiger partial charge < -0.3 is 0 Å². The number of carbonyl (C=O) groups excluding carboxylic acids is 3. The zero-order chi connectivity index (χ0) is 23.5. The van der Waals surface area contributed by atoms with Gasteiger partial charge in [-0.2, -0.15) is 0 Å². The second-order valence-corrected chi connectivity index (χ2v) is 8.38. The van der Waals surface area contributed by atoms with Gasteiger partial charge in [0.15, 0.2) is 0 Å². The molecule has 3 nitrogen and oxygen atoms in total. The lowest BCUT2D eigenvalue weighted by molar-refractivity contribution is 0.111. The van der Waals surface area contributed by atoms with Gasteiger partial charge in [0.05, 0.1) is 0 Å². The number of hydrogen-bond donors (Lipinski definition) is 0. The zero-order valence-corrected chi connectivity index (χ0v) is 18.9. The van der Waals surface area contributed by atoms with E-state index in [0.717, 1.165) is 68.9 Å². The zero-order valence-electron chi connectivity index (χ0n) is 18.9. The molecule has 4 aromatic rings. The summed E-state index contributed by atoms with van der Waals surface area (Å²) in [7, 11) is 0. The van der Waals surface area contributed by atoms with Crippen molar-refractivity contribution in [1.82, 2.24) is 0 Å². The van der Waals surface area contributed by atoms with Gasteiger partial charge in [-0.05, 0) is 107 Å². The molecular formula is C30H24O3. The van der Waals surface area contributed by atoms with Crippen LogP contribution in [0.5, 0.6) is 0 Å². The highest BCUT2D eigenvalue weighted by Crippen LogP contribution is 2.36. The molecule has 4 aromatic carbocycles. The van der Waals surface area contributed by atoms with Crippen LogP contribution in [0.1, 0.15) is 47.8 Å². The molecule has 0 amide bonds. The highest BCUT2D eigenvalue weighted by atomic mass is 16.1. The van der Waals surface area contributed by atoms with Crippen molar-refractivity contribution in [1.29, 1.82) is 0 Å². The second kappa shape index (κ2) is 9.17. The van der Waals surface area contributed by atoms with Gasteiger partial charge >= 0.3 is 0 Å². The van der Waals surface area contributed by atoms with Crippen LogP contribution in [0.4, 0.5) is 0 Å². The van der Waals surface area contributed by atoms with Crippen LogP contribution in [-0.4, -0.2) is 18.9 Å². The summed E-state index contributed by atoms with van der Waals surface area (Å²) in [5.74, 6) is 0. The van der Waals surface area contributed by atoms with E-state index in [4.69, 9.17) is 0 Å². The summed E-state index contributed by atoms with van der Waals surface area (Å²) in [6, 6.07) is 23.2. The number of benzene rings is 4. The van der Waals surface area contributed by atoms with Gasteiger partial charge in [0.25, 0.3) is 0 Å². The number of hydrogen-bond acceptors (Lipinski definition) is 3. The Balaban J connectivity index is 2.04. The molecule has 4 rings (SSSR count). The summed E-state index contributed by atoms with van der Waals surface area (Å²) in [5.41, 5.74) is 10.8. The Hall–Kier alpha value is -4.11. The number of aldehydes is 3. The number of aryl methyl sites for hydroxylation is 3. The maximum atomic E-state index is 11.4. The summed E-state index contributed by atoms with van der Waals surface area (Å²) in [4.78, 5) is 34.3. The van der Waals surface area contributed by atoms with Gasteiger partial charge in [-0.3, -0.25) is 14.4 Å². The fraction of sp³-hybridized carbons (Fsp3) is 0.100. The minimum atomic E-state index is 0.612. The van der Waals surface area contributed by atoms with Crippen molar-refractivity contribution in [2.24, 2.45) is 0 Å². The van der Waals surface area contributed by atoms with E-state index in [0.29, 0.717) is 16.7 Å². The van der Waals surface area contributed by atoms with Crippen molar-refractivity contribution in [3.05, 3.63) is 106 Å². The van der Waals surface area contributed by atoms with Gasteiger partial charge in [0.2, 0.25) is 0 Å². The largest absolute Gasteiger partial charge is 0.298 e.